The van der Waals surface area contributed by atoms with Crippen molar-refractivity contribution in [2.45, 2.75) is 52.7 Å². The van der Waals surface area contributed by atoms with Crippen molar-refractivity contribution in [3.63, 3.8) is 0 Å². The van der Waals surface area contributed by atoms with E-state index in [1.165, 1.54) is 12.4 Å². The van der Waals surface area contributed by atoms with Crippen LogP contribution in [-0.2, 0) is 9.47 Å². The summed E-state index contributed by atoms with van der Waals surface area (Å²) < 4.78 is 10.4. The highest BCUT2D eigenvalue weighted by atomic mass is 16.6. The molecule has 0 atom stereocenters. The van der Waals surface area contributed by atoms with Gasteiger partial charge in [-0.15, -0.1) is 4.90 Å². The van der Waals surface area contributed by atoms with E-state index in [-0.39, 0.29) is 5.95 Å². The predicted octanol–water partition coefficient (Wildman–Crippen LogP) is 3.09. The standard InChI is InChI=1S/C13H21N3O4/c1-12(2,3)19-10(17)16(9-14-7-8-15-9)11(18)20-13(4,5)6/h7-8H,1-6H3,(H,14,15). The molecule has 0 fully saturated rings. The number of nitrogens with one attached hydrogen (secondary N) is 1. The monoisotopic (exact) mass is 283 g/mol. The third-order valence-electron chi connectivity index (χ3n) is 1.85. The van der Waals surface area contributed by atoms with Gasteiger partial charge in [0.15, 0.2) is 0 Å². The summed E-state index contributed by atoms with van der Waals surface area (Å²) in [7, 11) is 0. The van der Waals surface area contributed by atoms with Gasteiger partial charge in [0.05, 0.1) is 0 Å². The molecule has 0 saturated carbocycles. The molecule has 0 bridgehead atoms. The first-order valence-electron chi connectivity index (χ1n) is 6.25. The van der Waals surface area contributed by atoms with Gasteiger partial charge >= 0.3 is 12.2 Å². The van der Waals surface area contributed by atoms with E-state index in [4.69, 9.17) is 9.47 Å². The highest BCUT2D eigenvalue weighted by Gasteiger charge is 2.33. The number of hydrogen-bond donors (Lipinski definition) is 1. The van der Waals surface area contributed by atoms with Crippen LogP contribution < -0.4 is 4.90 Å². The van der Waals surface area contributed by atoms with Crippen molar-refractivity contribution >= 4 is 18.1 Å². The van der Waals surface area contributed by atoms with Gasteiger partial charge in [0.1, 0.15) is 11.2 Å². The zero-order chi connectivity index (χ0) is 15.6. The summed E-state index contributed by atoms with van der Waals surface area (Å²) in [4.78, 5) is 31.6. The van der Waals surface area contributed by atoms with Crippen molar-refractivity contribution in [1.82, 2.24) is 9.97 Å². The van der Waals surface area contributed by atoms with Crippen LogP contribution in [0.5, 0.6) is 0 Å². The second kappa shape index (κ2) is 5.52. The van der Waals surface area contributed by atoms with E-state index in [1.54, 1.807) is 41.5 Å². The second-order valence-electron chi connectivity index (χ2n) is 6.21. The van der Waals surface area contributed by atoms with E-state index in [9.17, 15) is 9.59 Å². The normalized spacial score (nSPS) is 11.9. The molecule has 0 unspecified atom stereocenters. The summed E-state index contributed by atoms with van der Waals surface area (Å²) >= 11 is 0. The van der Waals surface area contributed by atoms with Crippen LogP contribution in [0.1, 0.15) is 41.5 Å². The SMILES string of the molecule is CC(C)(C)OC(=O)N(C(=O)OC(C)(C)C)c1ncc[nH]1. The Bertz CT molecular complexity index is 441. The van der Waals surface area contributed by atoms with Crippen molar-refractivity contribution in [3.05, 3.63) is 12.4 Å². The molecular formula is C13H21N3O4. The number of carbonyl (C=O) groups excluding carboxylic acids is 2. The summed E-state index contributed by atoms with van der Waals surface area (Å²) in [5.74, 6) is 0.0495. The van der Waals surface area contributed by atoms with Gasteiger partial charge in [0.25, 0.3) is 0 Å². The number of imidazole rings is 1. The Hall–Kier alpha value is -2.05. The Morgan fingerprint density at radius 1 is 1.05 bits per heavy atom. The van der Waals surface area contributed by atoms with Crippen molar-refractivity contribution < 1.29 is 19.1 Å². The van der Waals surface area contributed by atoms with Crippen molar-refractivity contribution in [1.29, 1.82) is 0 Å². The van der Waals surface area contributed by atoms with E-state index < -0.39 is 23.4 Å². The summed E-state index contributed by atoms with van der Waals surface area (Å²) in [6, 6.07) is 0. The summed E-state index contributed by atoms with van der Waals surface area (Å²) in [6.45, 7) is 10.3. The minimum Gasteiger partial charge on any atom is -0.443 e. The van der Waals surface area contributed by atoms with Crippen LogP contribution >= 0.6 is 0 Å². The van der Waals surface area contributed by atoms with Gasteiger partial charge in [0.2, 0.25) is 5.95 Å². The third kappa shape index (κ3) is 4.91. The minimum absolute atomic E-state index is 0.0495. The van der Waals surface area contributed by atoms with Gasteiger partial charge < -0.3 is 14.5 Å². The molecule has 1 aromatic rings. The molecule has 0 aliphatic carbocycles. The molecular weight excluding hydrogens is 262 g/mol. The number of hydrogen-bond acceptors (Lipinski definition) is 5. The van der Waals surface area contributed by atoms with Gasteiger partial charge in [-0.05, 0) is 41.5 Å². The quantitative estimate of drug-likeness (QED) is 0.856. The number of nitrogens with zero attached hydrogens (tertiary/aromatic N) is 2. The lowest BCUT2D eigenvalue weighted by molar-refractivity contribution is 0.0427. The molecule has 0 aliphatic rings. The number of ether oxygens (including phenoxy) is 2. The number of rotatable bonds is 1. The van der Waals surface area contributed by atoms with Gasteiger partial charge in [-0.25, -0.2) is 14.6 Å². The minimum atomic E-state index is -0.846. The number of imide groups is 1. The van der Waals surface area contributed by atoms with Crippen LogP contribution in [0.3, 0.4) is 0 Å². The lowest BCUT2D eigenvalue weighted by atomic mass is 10.2. The van der Waals surface area contributed by atoms with Crippen LogP contribution in [0.15, 0.2) is 12.4 Å². The summed E-state index contributed by atoms with van der Waals surface area (Å²) in [5, 5.41) is 0. The van der Waals surface area contributed by atoms with Gasteiger partial charge in [0, 0.05) is 12.4 Å². The van der Waals surface area contributed by atoms with Crippen LogP contribution in [0.25, 0.3) is 0 Å². The number of carbonyl (C=O) groups is 2. The topological polar surface area (TPSA) is 84.5 Å². The first-order valence-corrected chi connectivity index (χ1v) is 6.25. The second-order valence-corrected chi connectivity index (χ2v) is 6.21. The maximum Gasteiger partial charge on any atom is 0.427 e. The third-order valence-corrected chi connectivity index (χ3v) is 1.85. The molecule has 0 spiro atoms. The molecule has 1 rings (SSSR count). The highest BCUT2D eigenvalue weighted by molar-refractivity contribution is 6.08. The summed E-state index contributed by atoms with van der Waals surface area (Å²) in [5.41, 5.74) is -1.46. The zero-order valence-electron chi connectivity index (χ0n) is 12.7. The van der Waals surface area contributed by atoms with E-state index in [0.29, 0.717) is 0 Å². The van der Waals surface area contributed by atoms with Crippen LogP contribution in [-0.4, -0.2) is 33.4 Å². The number of amides is 2. The molecule has 20 heavy (non-hydrogen) atoms. The van der Waals surface area contributed by atoms with Gasteiger partial charge in [-0.2, -0.15) is 0 Å². The van der Waals surface area contributed by atoms with E-state index in [0.717, 1.165) is 4.90 Å². The Balaban J connectivity index is 2.98. The molecule has 112 valence electrons. The lowest BCUT2D eigenvalue weighted by Gasteiger charge is -2.27. The molecule has 0 saturated heterocycles. The molecule has 1 heterocycles. The lowest BCUT2D eigenvalue weighted by Crippen LogP contribution is -2.44. The molecule has 7 nitrogen and oxygen atoms in total. The number of H-pyrrole nitrogens is 1. The summed E-state index contributed by atoms with van der Waals surface area (Å²) in [6.07, 6.45) is 1.23. The Kier molecular flexibility index (Phi) is 4.42. The molecule has 0 aromatic carbocycles. The van der Waals surface area contributed by atoms with Crippen LogP contribution in [0.2, 0.25) is 0 Å². The van der Waals surface area contributed by atoms with E-state index in [1.807, 2.05) is 0 Å². The van der Waals surface area contributed by atoms with E-state index in [2.05, 4.69) is 9.97 Å². The van der Waals surface area contributed by atoms with Gasteiger partial charge in [-0.1, -0.05) is 0 Å². The number of aromatic nitrogens is 2. The van der Waals surface area contributed by atoms with Gasteiger partial charge in [-0.3, -0.25) is 0 Å². The molecule has 2 amide bonds. The average molecular weight is 283 g/mol. The Morgan fingerprint density at radius 3 is 1.80 bits per heavy atom. The molecule has 1 N–H and O–H groups in total. The Morgan fingerprint density at radius 2 is 1.50 bits per heavy atom. The molecule has 7 heteroatoms. The maximum absolute atomic E-state index is 12.1. The average Bonchev–Trinajstić information content (AvgIpc) is 2.64. The first kappa shape index (κ1) is 16.0. The molecule has 1 aromatic heterocycles. The fraction of sp³-hybridized carbons (Fsp3) is 0.615. The highest BCUT2D eigenvalue weighted by Crippen LogP contribution is 2.18. The van der Waals surface area contributed by atoms with Crippen molar-refractivity contribution in [2.24, 2.45) is 0 Å². The van der Waals surface area contributed by atoms with Crippen LogP contribution in [0.4, 0.5) is 15.5 Å². The molecule has 0 aliphatic heterocycles. The Labute approximate surface area is 118 Å². The predicted molar refractivity (Wildman–Crippen MR) is 73.5 cm³/mol. The van der Waals surface area contributed by atoms with Crippen molar-refractivity contribution in [3.8, 4) is 0 Å². The molecule has 0 radical (unpaired) electrons. The first-order chi connectivity index (χ1) is 8.99. The van der Waals surface area contributed by atoms with Crippen LogP contribution in [0, 0.1) is 0 Å². The smallest absolute Gasteiger partial charge is 0.427 e. The maximum atomic E-state index is 12.1. The fourth-order valence-corrected chi connectivity index (χ4v) is 1.24. The number of anilines is 1. The largest absolute Gasteiger partial charge is 0.443 e. The fourth-order valence-electron chi connectivity index (χ4n) is 1.24. The van der Waals surface area contributed by atoms with Crippen molar-refractivity contribution in [2.75, 3.05) is 4.90 Å². The van der Waals surface area contributed by atoms with E-state index >= 15 is 0 Å². The zero-order valence-corrected chi connectivity index (χ0v) is 12.7. The number of aromatic amines is 1.